The molecule has 1 aromatic carbocycles. The van der Waals surface area contributed by atoms with Crippen molar-refractivity contribution < 1.29 is 14.6 Å². The summed E-state index contributed by atoms with van der Waals surface area (Å²) in [4.78, 5) is 14.8. The molecule has 0 spiro atoms. The molecule has 0 amide bonds. The van der Waals surface area contributed by atoms with Gasteiger partial charge in [0.15, 0.2) is 0 Å². The second-order valence-electron chi connectivity index (χ2n) is 3.83. The number of halogens is 1. The Morgan fingerprint density at radius 3 is 2.85 bits per heavy atom. The van der Waals surface area contributed by atoms with Crippen LogP contribution in [0.25, 0.3) is 0 Å². The Hall–Kier alpha value is -1.24. The highest BCUT2D eigenvalue weighted by Crippen LogP contribution is 2.23. The zero-order valence-corrected chi connectivity index (χ0v) is 12.8. The largest absolute Gasteiger partial charge is 0.493 e. The van der Waals surface area contributed by atoms with E-state index < -0.39 is 5.97 Å². The maximum atomic E-state index is 10.5. The van der Waals surface area contributed by atoms with Crippen molar-refractivity contribution in [3.05, 3.63) is 40.4 Å². The molecule has 4 nitrogen and oxygen atoms in total. The van der Waals surface area contributed by atoms with Gasteiger partial charge in [-0.15, -0.1) is 11.3 Å². The molecular formula is C13H12ClNO3S2. The first-order valence-electron chi connectivity index (χ1n) is 5.81. The molecule has 2 aromatic rings. The van der Waals surface area contributed by atoms with E-state index in [0.29, 0.717) is 17.3 Å². The van der Waals surface area contributed by atoms with Crippen LogP contribution in [0, 0.1) is 0 Å². The highest BCUT2D eigenvalue weighted by molar-refractivity contribution is 8.01. The van der Waals surface area contributed by atoms with Gasteiger partial charge in [0.05, 0.1) is 18.7 Å². The van der Waals surface area contributed by atoms with Gasteiger partial charge in [0.25, 0.3) is 0 Å². The van der Waals surface area contributed by atoms with E-state index >= 15 is 0 Å². The molecule has 0 aliphatic heterocycles. The maximum Gasteiger partial charge on any atom is 0.309 e. The van der Waals surface area contributed by atoms with Gasteiger partial charge in [0.2, 0.25) is 0 Å². The summed E-state index contributed by atoms with van der Waals surface area (Å²) in [6.07, 6.45) is -0.0294. The van der Waals surface area contributed by atoms with Crippen LogP contribution in [0.3, 0.4) is 0 Å². The fourth-order valence-electron chi connectivity index (χ4n) is 1.41. The van der Waals surface area contributed by atoms with Crippen molar-refractivity contribution in [1.82, 2.24) is 4.98 Å². The molecule has 0 saturated carbocycles. The highest BCUT2D eigenvalue weighted by Gasteiger charge is 2.06. The van der Waals surface area contributed by atoms with Gasteiger partial charge in [-0.3, -0.25) is 4.79 Å². The Balaban J connectivity index is 1.71. The Bertz CT molecular complexity index is 571. The van der Waals surface area contributed by atoms with E-state index in [2.05, 4.69) is 4.98 Å². The standard InChI is InChI=1S/C13H12ClNO3S2/c14-9-1-3-11(4-2-9)18-5-6-19-13-15-10(8-20-13)7-12(16)17/h1-4,8H,5-7H2,(H,16,17). The van der Waals surface area contributed by atoms with Crippen LogP contribution < -0.4 is 4.74 Å². The molecule has 0 bridgehead atoms. The van der Waals surface area contributed by atoms with Crippen LogP contribution in [0.5, 0.6) is 5.75 Å². The molecule has 106 valence electrons. The molecule has 20 heavy (non-hydrogen) atoms. The van der Waals surface area contributed by atoms with E-state index in [1.807, 2.05) is 12.1 Å². The molecule has 0 unspecified atom stereocenters. The van der Waals surface area contributed by atoms with Gasteiger partial charge in [-0.25, -0.2) is 4.98 Å². The first-order chi connectivity index (χ1) is 9.63. The topological polar surface area (TPSA) is 59.4 Å². The quantitative estimate of drug-likeness (QED) is 0.621. The molecule has 0 saturated heterocycles. The summed E-state index contributed by atoms with van der Waals surface area (Å²) in [7, 11) is 0. The van der Waals surface area contributed by atoms with E-state index in [0.717, 1.165) is 15.8 Å². The number of hydrogen-bond acceptors (Lipinski definition) is 5. The van der Waals surface area contributed by atoms with Crippen molar-refractivity contribution >= 4 is 40.7 Å². The smallest absolute Gasteiger partial charge is 0.309 e. The zero-order valence-electron chi connectivity index (χ0n) is 10.4. The lowest BCUT2D eigenvalue weighted by atomic mass is 10.3. The van der Waals surface area contributed by atoms with E-state index in [1.165, 1.54) is 11.3 Å². The number of thioether (sulfide) groups is 1. The molecule has 1 heterocycles. The summed E-state index contributed by atoms with van der Waals surface area (Å²) in [5.74, 6) is 0.668. The fourth-order valence-corrected chi connectivity index (χ4v) is 3.27. The number of rotatable bonds is 7. The fraction of sp³-hybridized carbons (Fsp3) is 0.231. The predicted octanol–water partition coefficient (Wildman–Crippen LogP) is 3.59. The van der Waals surface area contributed by atoms with Crippen molar-refractivity contribution in [2.24, 2.45) is 0 Å². The lowest BCUT2D eigenvalue weighted by Gasteiger charge is -2.04. The Kier molecular flexibility index (Phi) is 5.70. The number of carbonyl (C=O) groups is 1. The summed E-state index contributed by atoms with van der Waals surface area (Å²) in [6, 6.07) is 7.20. The van der Waals surface area contributed by atoms with Gasteiger partial charge < -0.3 is 9.84 Å². The number of carboxylic acids is 1. The predicted molar refractivity (Wildman–Crippen MR) is 81.1 cm³/mol. The summed E-state index contributed by atoms with van der Waals surface area (Å²) in [5.41, 5.74) is 0.601. The van der Waals surface area contributed by atoms with Crippen molar-refractivity contribution in [3.63, 3.8) is 0 Å². The van der Waals surface area contributed by atoms with Crippen molar-refractivity contribution in [3.8, 4) is 5.75 Å². The maximum absolute atomic E-state index is 10.5. The molecular weight excluding hydrogens is 318 g/mol. The van der Waals surface area contributed by atoms with Crippen molar-refractivity contribution in [2.45, 2.75) is 10.8 Å². The number of aliphatic carboxylic acids is 1. The number of carboxylic acid groups (broad SMARTS) is 1. The number of hydrogen-bond donors (Lipinski definition) is 1. The van der Waals surface area contributed by atoms with E-state index in [-0.39, 0.29) is 6.42 Å². The van der Waals surface area contributed by atoms with Gasteiger partial charge in [-0.05, 0) is 24.3 Å². The molecule has 0 fully saturated rings. The number of ether oxygens (including phenoxy) is 1. The lowest BCUT2D eigenvalue weighted by Crippen LogP contribution is -2.01. The van der Waals surface area contributed by atoms with E-state index in [4.69, 9.17) is 21.4 Å². The van der Waals surface area contributed by atoms with Crippen LogP contribution in [0.4, 0.5) is 0 Å². The van der Waals surface area contributed by atoms with Gasteiger partial charge >= 0.3 is 5.97 Å². The molecule has 0 radical (unpaired) electrons. The minimum atomic E-state index is -0.863. The average Bonchev–Trinajstić information content (AvgIpc) is 2.83. The monoisotopic (exact) mass is 329 g/mol. The van der Waals surface area contributed by atoms with E-state index in [1.54, 1.807) is 29.3 Å². The number of benzene rings is 1. The minimum absolute atomic E-state index is 0.0294. The van der Waals surface area contributed by atoms with Crippen molar-refractivity contribution in [2.75, 3.05) is 12.4 Å². The van der Waals surface area contributed by atoms with Gasteiger partial charge in [0.1, 0.15) is 10.1 Å². The van der Waals surface area contributed by atoms with Crippen LogP contribution in [-0.2, 0) is 11.2 Å². The Morgan fingerprint density at radius 1 is 1.40 bits per heavy atom. The Labute approximate surface area is 129 Å². The molecule has 7 heteroatoms. The second-order valence-corrected chi connectivity index (χ2v) is 6.46. The molecule has 0 aliphatic carbocycles. The van der Waals surface area contributed by atoms with Crippen LogP contribution in [0.15, 0.2) is 34.0 Å². The van der Waals surface area contributed by atoms with Gasteiger partial charge in [0, 0.05) is 16.2 Å². The Morgan fingerprint density at radius 2 is 2.15 bits per heavy atom. The van der Waals surface area contributed by atoms with Crippen molar-refractivity contribution in [1.29, 1.82) is 0 Å². The second kappa shape index (κ2) is 7.52. The van der Waals surface area contributed by atoms with Gasteiger partial charge in [-0.1, -0.05) is 23.4 Å². The third kappa shape index (κ3) is 5.03. The minimum Gasteiger partial charge on any atom is -0.493 e. The highest BCUT2D eigenvalue weighted by atomic mass is 35.5. The normalized spacial score (nSPS) is 10.4. The third-order valence-electron chi connectivity index (χ3n) is 2.25. The lowest BCUT2D eigenvalue weighted by molar-refractivity contribution is -0.136. The molecule has 0 atom stereocenters. The number of thiazole rings is 1. The summed E-state index contributed by atoms with van der Waals surface area (Å²) in [5, 5.41) is 11.1. The first-order valence-corrected chi connectivity index (χ1v) is 8.05. The number of nitrogens with zero attached hydrogens (tertiary/aromatic N) is 1. The van der Waals surface area contributed by atoms with E-state index in [9.17, 15) is 4.79 Å². The number of aromatic nitrogens is 1. The molecule has 1 aromatic heterocycles. The zero-order chi connectivity index (χ0) is 14.4. The van der Waals surface area contributed by atoms with Crippen LogP contribution >= 0.6 is 34.7 Å². The summed E-state index contributed by atoms with van der Waals surface area (Å²) < 4.78 is 6.42. The first kappa shape index (κ1) is 15.2. The van der Waals surface area contributed by atoms with Crippen LogP contribution in [-0.4, -0.2) is 28.4 Å². The van der Waals surface area contributed by atoms with Crippen LogP contribution in [0.1, 0.15) is 5.69 Å². The third-order valence-corrected chi connectivity index (χ3v) is 4.54. The SMILES string of the molecule is O=C(O)Cc1csc(SCCOc2ccc(Cl)cc2)n1. The van der Waals surface area contributed by atoms with Crippen LogP contribution in [0.2, 0.25) is 5.02 Å². The molecule has 2 rings (SSSR count). The van der Waals surface area contributed by atoms with Gasteiger partial charge in [-0.2, -0.15) is 0 Å². The molecule has 1 N–H and O–H groups in total. The summed E-state index contributed by atoms with van der Waals surface area (Å²) >= 11 is 8.79. The molecule has 0 aliphatic rings. The average molecular weight is 330 g/mol. The summed E-state index contributed by atoms with van der Waals surface area (Å²) in [6.45, 7) is 0.556.